The Labute approximate surface area is 111 Å². The normalized spacial score (nSPS) is 23.3. The molecule has 0 unspecified atom stereocenters. The van der Waals surface area contributed by atoms with Crippen molar-refractivity contribution in [3.8, 4) is 0 Å². The Bertz CT molecular complexity index is 463. The molecule has 4 nitrogen and oxygen atoms in total. The van der Waals surface area contributed by atoms with E-state index in [2.05, 4.69) is 5.32 Å². The SMILES string of the molecule is CSCC[C@]1(c2ccccc2)NC(=O)N(C)C1=O. The van der Waals surface area contributed by atoms with Crippen molar-refractivity contribution in [2.75, 3.05) is 19.1 Å². The first-order valence-corrected chi connectivity index (χ1v) is 7.16. The zero-order chi connectivity index (χ0) is 13.2. The Morgan fingerprint density at radius 3 is 2.44 bits per heavy atom. The van der Waals surface area contributed by atoms with E-state index in [0.29, 0.717) is 6.42 Å². The lowest BCUT2D eigenvalue weighted by molar-refractivity contribution is -0.130. The lowest BCUT2D eigenvalue weighted by Crippen LogP contribution is -2.44. The summed E-state index contributed by atoms with van der Waals surface area (Å²) < 4.78 is 0. The Kier molecular flexibility index (Phi) is 3.61. The van der Waals surface area contributed by atoms with Crippen LogP contribution in [0.25, 0.3) is 0 Å². The van der Waals surface area contributed by atoms with E-state index in [1.165, 1.54) is 7.05 Å². The van der Waals surface area contributed by atoms with Crippen molar-refractivity contribution in [2.45, 2.75) is 12.0 Å². The summed E-state index contributed by atoms with van der Waals surface area (Å²) in [4.78, 5) is 25.3. The molecule has 18 heavy (non-hydrogen) atoms. The van der Waals surface area contributed by atoms with Crippen LogP contribution < -0.4 is 5.32 Å². The van der Waals surface area contributed by atoms with Gasteiger partial charge in [0.2, 0.25) is 0 Å². The van der Waals surface area contributed by atoms with Crippen molar-refractivity contribution in [3.05, 3.63) is 35.9 Å². The van der Waals surface area contributed by atoms with Gasteiger partial charge in [0.1, 0.15) is 5.54 Å². The molecule has 1 aliphatic heterocycles. The molecule has 5 heteroatoms. The third-order valence-electron chi connectivity index (χ3n) is 3.24. The van der Waals surface area contributed by atoms with Crippen LogP contribution in [-0.4, -0.2) is 35.9 Å². The van der Waals surface area contributed by atoms with Crippen LogP contribution in [0.2, 0.25) is 0 Å². The summed E-state index contributed by atoms with van der Waals surface area (Å²) in [6.07, 6.45) is 2.59. The van der Waals surface area contributed by atoms with Gasteiger partial charge in [-0.15, -0.1) is 0 Å². The van der Waals surface area contributed by atoms with Crippen LogP contribution in [0.1, 0.15) is 12.0 Å². The van der Waals surface area contributed by atoms with Gasteiger partial charge in [-0.1, -0.05) is 30.3 Å². The molecule has 0 bridgehead atoms. The van der Waals surface area contributed by atoms with Gasteiger partial charge in [0, 0.05) is 7.05 Å². The number of urea groups is 1. The second kappa shape index (κ2) is 5.02. The molecule has 96 valence electrons. The van der Waals surface area contributed by atoms with E-state index in [1.54, 1.807) is 11.8 Å². The molecule has 1 N–H and O–H groups in total. The Morgan fingerprint density at radius 1 is 1.28 bits per heavy atom. The molecule has 1 atom stereocenters. The molecule has 0 spiro atoms. The van der Waals surface area contributed by atoms with Crippen LogP contribution in [0.15, 0.2) is 30.3 Å². The van der Waals surface area contributed by atoms with Crippen LogP contribution in [0.4, 0.5) is 4.79 Å². The largest absolute Gasteiger partial charge is 0.325 e. The van der Waals surface area contributed by atoms with E-state index < -0.39 is 5.54 Å². The van der Waals surface area contributed by atoms with Crippen LogP contribution >= 0.6 is 11.8 Å². The van der Waals surface area contributed by atoms with Gasteiger partial charge in [-0.3, -0.25) is 9.69 Å². The van der Waals surface area contributed by atoms with Crippen molar-refractivity contribution >= 4 is 23.7 Å². The standard InChI is InChI=1S/C13H16N2O2S/c1-15-11(16)13(8-9-18-2,14-12(15)17)10-6-4-3-5-7-10/h3-7H,8-9H2,1-2H3,(H,14,17)/t13-/m1/s1. The van der Waals surface area contributed by atoms with E-state index >= 15 is 0 Å². The quantitative estimate of drug-likeness (QED) is 0.844. The Hall–Kier alpha value is -1.49. The number of thioether (sulfide) groups is 1. The fourth-order valence-corrected chi connectivity index (χ4v) is 2.70. The molecule has 1 aromatic carbocycles. The molecular formula is C13H16N2O2S. The number of benzene rings is 1. The smallest absolute Gasteiger partial charge is 0.319 e. The molecule has 0 saturated carbocycles. The summed E-state index contributed by atoms with van der Waals surface area (Å²) in [5.74, 6) is 0.641. The third kappa shape index (κ3) is 1.99. The fraction of sp³-hybridized carbons (Fsp3) is 0.385. The molecule has 1 heterocycles. The van der Waals surface area contributed by atoms with E-state index in [-0.39, 0.29) is 11.9 Å². The average Bonchev–Trinajstić information content (AvgIpc) is 2.63. The first-order valence-electron chi connectivity index (χ1n) is 5.76. The van der Waals surface area contributed by atoms with Gasteiger partial charge in [0.15, 0.2) is 0 Å². The van der Waals surface area contributed by atoms with Crippen LogP contribution in [0.5, 0.6) is 0 Å². The van der Waals surface area contributed by atoms with Gasteiger partial charge in [-0.2, -0.15) is 11.8 Å². The monoisotopic (exact) mass is 264 g/mol. The van der Waals surface area contributed by atoms with Crippen molar-refractivity contribution < 1.29 is 9.59 Å². The molecule has 0 radical (unpaired) electrons. The predicted octanol–water partition coefficient (Wildman–Crippen LogP) is 1.82. The number of amides is 3. The number of nitrogens with zero attached hydrogens (tertiary/aromatic N) is 1. The molecule has 0 aliphatic carbocycles. The minimum atomic E-state index is -0.893. The third-order valence-corrected chi connectivity index (χ3v) is 3.85. The topological polar surface area (TPSA) is 49.4 Å². The highest BCUT2D eigenvalue weighted by Gasteiger charge is 2.50. The van der Waals surface area contributed by atoms with E-state index in [9.17, 15) is 9.59 Å². The van der Waals surface area contributed by atoms with Crippen molar-refractivity contribution in [2.24, 2.45) is 0 Å². The number of carbonyl (C=O) groups is 2. The van der Waals surface area contributed by atoms with Gasteiger partial charge in [-0.05, 0) is 24.0 Å². The number of imide groups is 1. The van der Waals surface area contributed by atoms with Crippen molar-refractivity contribution in [1.82, 2.24) is 10.2 Å². The highest BCUT2D eigenvalue weighted by atomic mass is 32.2. The van der Waals surface area contributed by atoms with Gasteiger partial charge in [0.05, 0.1) is 0 Å². The minimum absolute atomic E-state index is 0.173. The molecule has 1 saturated heterocycles. The van der Waals surface area contributed by atoms with E-state index in [1.807, 2.05) is 36.6 Å². The molecule has 1 aliphatic rings. The fourth-order valence-electron chi connectivity index (χ4n) is 2.19. The second-order valence-electron chi connectivity index (χ2n) is 4.31. The van der Waals surface area contributed by atoms with E-state index in [4.69, 9.17) is 0 Å². The Balaban J connectivity index is 2.42. The summed E-state index contributed by atoms with van der Waals surface area (Å²) in [5.41, 5.74) is -0.0439. The predicted molar refractivity (Wildman–Crippen MR) is 72.4 cm³/mol. The zero-order valence-electron chi connectivity index (χ0n) is 10.5. The van der Waals surface area contributed by atoms with Crippen LogP contribution in [0.3, 0.4) is 0 Å². The number of likely N-dealkylation sites (N-methyl/N-ethyl adjacent to an activating group) is 1. The number of hydrogen-bond acceptors (Lipinski definition) is 3. The molecule has 3 amide bonds. The Morgan fingerprint density at radius 2 is 1.94 bits per heavy atom. The van der Waals surface area contributed by atoms with Crippen molar-refractivity contribution in [1.29, 1.82) is 0 Å². The zero-order valence-corrected chi connectivity index (χ0v) is 11.3. The summed E-state index contributed by atoms with van der Waals surface area (Å²) >= 11 is 1.66. The molecule has 1 fully saturated rings. The van der Waals surface area contributed by atoms with Gasteiger partial charge in [-0.25, -0.2) is 4.79 Å². The number of rotatable bonds is 4. The lowest BCUT2D eigenvalue weighted by atomic mass is 9.87. The number of carbonyl (C=O) groups excluding carboxylic acids is 2. The van der Waals surface area contributed by atoms with E-state index in [0.717, 1.165) is 16.2 Å². The summed E-state index contributed by atoms with van der Waals surface area (Å²) in [6, 6.07) is 9.11. The summed E-state index contributed by atoms with van der Waals surface area (Å²) in [6.45, 7) is 0. The average molecular weight is 264 g/mol. The highest BCUT2D eigenvalue weighted by Crippen LogP contribution is 2.32. The maximum atomic E-state index is 12.4. The maximum absolute atomic E-state index is 12.4. The number of nitrogens with one attached hydrogen (secondary N) is 1. The van der Waals surface area contributed by atoms with Gasteiger partial charge < -0.3 is 5.32 Å². The number of hydrogen-bond donors (Lipinski definition) is 1. The minimum Gasteiger partial charge on any atom is -0.319 e. The first kappa shape index (κ1) is 13.0. The lowest BCUT2D eigenvalue weighted by Gasteiger charge is -2.26. The molecule has 2 rings (SSSR count). The second-order valence-corrected chi connectivity index (χ2v) is 5.29. The van der Waals surface area contributed by atoms with Crippen LogP contribution in [-0.2, 0) is 10.3 Å². The van der Waals surface area contributed by atoms with Crippen LogP contribution in [0, 0.1) is 0 Å². The molecule has 0 aromatic heterocycles. The first-order chi connectivity index (χ1) is 8.62. The highest BCUT2D eigenvalue weighted by molar-refractivity contribution is 7.98. The van der Waals surface area contributed by atoms with Gasteiger partial charge in [0.25, 0.3) is 5.91 Å². The summed E-state index contributed by atoms with van der Waals surface area (Å²) in [7, 11) is 1.52. The maximum Gasteiger partial charge on any atom is 0.325 e. The molecular weight excluding hydrogens is 248 g/mol. The van der Waals surface area contributed by atoms with Gasteiger partial charge >= 0.3 is 6.03 Å². The summed E-state index contributed by atoms with van der Waals surface area (Å²) in [5, 5.41) is 2.84. The molecule has 1 aromatic rings. The van der Waals surface area contributed by atoms with Crippen molar-refractivity contribution in [3.63, 3.8) is 0 Å².